The van der Waals surface area contributed by atoms with Crippen molar-refractivity contribution in [1.82, 2.24) is 5.32 Å². The third kappa shape index (κ3) is 2.65. The number of nitrogens with zero attached hydrogens (tertiary/aromatic N) is 1. The maximum absolute atomic E-state index is 11.8. The van der Waals surface area contributed by atoms with E-state index in [-0.39, 0.29) is 17.6 Å². The number of carbonyl (C=O) groups is 1. The molecule has 1 aromatic rings. The van der Waals surface area contributed by atoms with Crippen molar-refractivity contribution in [2.24, 2.45) is 0 Å². The number of nitro benzene ring substituents is 1. The summed E-state index contributed by atoms with van der Waals surface area (Å²) in [6.45, 7) is 2.51. The highest BCUT2D eigenvalue weighted by atomic mass is 16.6. The Bertz CT molecular complexity index is 481. The first-order valence-corrected chi connectivity index (χ1v) is 5.87. The molecule has 1 amide bonds. The van der Waals surface area contributed by atoms with Crippen molar-refractivity contribution >= 4 is 17.3 Å². The third-order valence-electron chi connectivity index (χ3n) is 3.04. The van der Waals surface area contributed by atoms with Crippen LogP contribution in [0, 0.1) is 17.0 Å². The van der Waals surface area contributed by atoms with E-state index in [0.717, 1.165) is 19.4 Å². The number of carbonyl (C=O) groups excluding carboxylic acids is 1. The lowest BCUT2D eigenvalue weighted by Gasteiger charge is -2.11. The monoisotopic (exact) mass is 249 g/mol. The van der Waals surface area contributed by atoms with Crippen molar-refractivity contribution in [2.45, 2.75) is 25.8 Å². The van der Waals surface area contributed by atoms with Crippen molar-refractivity contribution in [1.29, 1.82) is 0 Å². The zero-order valence-corrected chi connectivity index (χ0v) is 10.1. The maximum Gasteiger partial charge on any atom is 0.272 e. The zero-order valence-electron chi connectivity index (χ0n) is 10.1. The molecule has 0 aromatic heterocycles. The molecule has 18 heavy (non-hydrogen) atoms. The fourth-order valence-corrected chi connectivity index (χ4v) is 2.08. The normalized spacial score (nSPS) is 18.6. The summed E-state index contributed by atoms with van der Waals surface area (Å²) >= 11 is 0. The maximum atomic E-state index is 11.8. The van der Waals surface area contributed by atoms with E-state index < -0.39 is 4.92 Å². The topological polar surface area (TPSA) is 84.3 Å². The first-order valence-electron chi connectivity index (χ1n) is 5.87. The van der Waals surface area contributed by atoms with Gasteiger partial charge in [-0.1, -0.05) is 0 Å². The summed E-state index contributed by atoms with van der Waals surface area (Å²) in [7, 11) is 0. The molecule has 6 heteroatoms. The number of nitrogens with one attached hydrogen (secondary N) is 2. The van der Waals surface area contributed by atoms with Gasteiger partial charge in [-0.2, -0.15) is 0 Å². The van der Waals surface area contributed by atoms with E-state index in [2.05, 4.69) is 10.6 Å². The Labute approximate surface area is 105 Å². The Kier molecular flexibility index (Phi) is 3.57. The van der Waals surface area contributed by atoms with Crippen LogP contribution in [0.3, 0.4) is 0 Å². The molecule has 1 fully saturated rings. The van der Waals surface area contributed by atoms with E-state index in [1.807, 2.05) is 0 Å². The quantitative estimate of drug-likeness (QED) is 0.629. The fourth-order valence-electron chi connectivity index (χ4n) is 2.08. The lowest BCUT2D eigenvalue weighted by atomic mass is 10.1. The molecule has 0 aliphatic carbocycles. The second kappa shape index (κ2) is 5.14. The van der Waals surface area contributed by atoms with Crippen LogP contribution in [0.5, 0.6) is 0 Å². The van der Waals surface area contributed by atoms with Crippen molar-refractivity contribution in [3.63, 3.8) is 0 Å². The summed E-state index contributed by atoms with van der Waals surface area (Å²) in [6.07, 6.45) is 1.83. The van der Waals surface area contributed by atoms with Crippen LogP contribution in [-0.4, -0.2) is 23.4 Å². The first kappa shape index (κ1) is 12.5. The van der Waals surface area contributed by atoms with Crippen LogP contribution in [0.25, 0.3) is 0 Å². The van der Waals surface area contributed by atoms with E-state index in [1.54, 1.807) is 19.1 Å². The van der Waals surface area contributed by atoms with Gasteiger partial charge in [0.1, 0.15) is 0 Å². The van der Waals surface area contributed by atoms with Gasteiger partial charge in [0, 0.05) is 17.3 Å². The van der Waals surface area contributed by atoms with E-state index >= 15 is 0 Å². The molecule has 6 nitrogen and oxygen atoms in total. The van der Waals surface area contributed by atoms with Crippen LogP contribution in [0.4, 0.5) is 11.4 Å². The van der Waals surface area contributed by atoms with Crippen molar-refractivity contribution in [2.75, 3.05) is 11.9 Å². The predicted octanol–water partition coefficient (Wildman–Crippen LogP) is 1.59. The Morgan fingerprint density at radius 1 is 1.56 bits per heavy atom. The molecule has 1 atom stereocenters. The lowest BCUT2D eigenvalue weighted by Crippen LogP contribution is -2.35. The highest BCUT2D eigenvalue weighted by molar-refractivity contribution is 5.95. The van der Waals surface area contributed by atoms with Gasteiger partial charge in [0.25, 0.3) is 5.69 Å². The van der Waals surface area contributed by atoms with Crippen molar-refractivity contribution in [3.8, 4) is 0 Å². The number of hydrogen-bond donors (Lipinski definition) is 2. The number of hydrogen-bond acceptors (Lipinski definition) is 4. The number of amides is 1. The van der Waals surface area contributed by atoms with Crippen LogP contribution in [-0.2, 0) is 4.79 Å². The number of anilines is 1. The van der Waals surface area contributed by atoms with E-state index in [1.165, 1.54) is 6.07 Å². The Hall–Kier alpha value is -1.95. The number of rotatable bonds is 3. The van der Waals surface area contributed by atoms with Gasteiger partial charge in [0.05, 0.1) is 11.0 Å². The Morgan fingerprint density at radius 3 is 2.89 bits per heavy atom. The smallest absolute Gasteiger partial charge is 0.272 e. The molecule has 0 spiro atoms. The Balaban J connectivity index is 2.07. The minimum atomic E-state index is -0.431. The molecule has 0 bridgehead atoms. The van der Waals surface area contributed by atoms with Gasteiger partial charge in [-0.25, -0.2) is 0 Å². The molecule has 2 N–H and O–H groups in total. The second-order valence-electron chi connectivity index (χ2n) is 4.40. The van der Waals surface area contributed by atoms with Crippen LogP contribution in [0.15, 0.2) is 18.2 Å². The SMILES string of the molecule is Cc1cc(NC(=O)[C@H]2CCCN2)ccc1[N+](=O)[O-]. The minimum Gasteiger partial charge on any atom is -0.325 e. The molecule has 96 valence electrons. The molecule has 0 saturated carbocycles. The molecular formula is C12H15N3O3. The summed E-state index contributed by atoms with van der Waals surface area (Å²) < 4.78 is 0. The standard InChI is InChI=1S/C12H15N3O3/c1-8-7-9(4-5-11(8)15(17)18)14-12(16)10-3-2-6-13-10/h4-5,7,10,13H,2-3,6H2,1H3,(H,14,16)/t10-/m1/s1. The van der Waals surface area contributed by atoms with Crippen LogP contribution in [0.2, 0.25) is 0 Å². The molecule has 2 rings (SSSR count). The van der Waals surface area contributed by atoms with E-state index in [9.17, 15) is 14.9 Å². The van der Waals surface area contributed by atoms with Gasteiger partial charge in [0.15, 0.2) is 0 Å². The van der Waals surface area contributed by atoms with Crippen LogP contribution < -0.4 is 10.6 Å². The highest BCUT2D eigenvalue weighted by Crippen LogP contribution is 2.22. The molecule has 1 aliphatic rings. The summed E-state index contributed by atoms with van der Waals surface area (Å²) in [4.78, 5) is 22.1. The number of aryl methyl sites for hydroxylation is 1. The Morgan fingerprint density at radius 2 is 2.33 bits per heavy atom. The molecule has 0 unspecified atom stereocenters. The van der Waals surface area contributed by atoms with Gasteiger partial charge in [-0.3, -0.25) is 14.9 Å². The first-order chi connectivity index (χ1) is 8.58. The average molecular weight is 249 g/mol. The average Bonchev–Trinajstić information content (AvgIpc) is 2.81. The van der Waals surface area contributed by atoms with Gasteiger partial charge < -0.3 is 10.6 Å². The predicted molar refractivity (Wildman–Crippen MR) is 67.5 cm³/mol. The second-order valence-corrected chi connectivity index (χ2v) is 4.40. The molecule has 1 aromatic carbocycles. The van der Waals surface area contributed by atoms with Crippen molar-refractivity contribution in [3.05, 3.63) is 33.9 Å². The molecule has 1 heterocycles. The lowest BCUT2D eigenvalue weighted by molar-refractivity contribution is -0.385. The zero-order chi connectivity index (χ0) is 13.1. The van der Waals surface area contributed by atoms with Gasteiger partial charge in [0.2, 0.25) is 5.91 Å². The minimum absolute atomic E-state index is 0.0620. The molecule has 1 aliphatic heterocycles. The van der Waals surface area contributed by atoms with Crippen LogP contribution in [0.1, 0.15) is 18.4 Å². The van der Waals surface area contributed by atoms with Crippen molar-refractivity contribution < 1.29 is 9.72 Å². The van der Waals surface area contributed by atoms with Gasteiger partial charge in [-0.15, -0.1) is 0 Å². The fraction of sp³-hybridized carbons (Fsp3) is 0.417. The molecule has 0 radical (unpaired) electrons. The summed E-state index contributed by atoms with van der Waals surface area (Å²) in [6, 6.07) is 4.43. The third-order valence-corrected chi connectivity index (χ3v) is 3.04. The molecule has 1 saturated heterocycles. The van der Waals surface area contributed by atoms with Crippen LogP contribution >= 0.6 is 0 Å². The van der Waals surface area contributed by atoms with E-state index in [4.69, 9.17) is 0 Å². The largest absolute Gasteiger partial charge is 0.325 e. The summed E-state index contributed by atoms with van der Waals surface area (Å²) in [5.41, 5.74) is 1.20. The van der Waals surface area contributed by atoms with Gasteiger partial charge >= 0.3 is 0 Å². The van der Waals surface area contributed by atoms with Gasteiger partial charge in [-0.05, 0) is 38.4 Å². The van der Waals surface area contributed by atoms with E-state index in [0.29, 0.717) is 11.3 Å². The molecular weight excluding hydrogens is 234 g/mol. The number of benzene rings is 1. The highest BCUT2D eigenvalue weighted by Gasteiger charge is 2.22. The number of nitro groups is 1. The summed E-state index contributed by atoms with van der Waals surface area (Å²) in [5, 5.41) is 16.5. The summed E-state index contributed by atoms with van der Waals surface area (Å²) in [5.74, 6) is -0.0826.